The standard InChI is InChI=1S/C19H18N6O/c20-17-10-18(24-5-7-26-8-6-24)23-19-15(12-22-25(17)19)14-9-13-3-1-2-4-16(13)21-11-14/h1-4,9-12H,5-8,20H2. The Morgan fingerprint density at radius 2 is 1.88 bits per heavy atom. The van der Waals surface area contributed by atoms with Crippen molar-refractivity contribution in [3.63, 3.8) is 0 Å². The molecule has 0 aliphatic carbocycles. The molecule has 2 N–H and O–H groups in total. The van der Waals surface area contributed by atoms with Gasteiger partial charge in [-0.1, -0.05) is 18.2 Å². The molecule has 1 fully saturated rings. The molecule has 0 atom stereocenters. The lowest BCUT2D eigenvalue weighted by atomic mass is 10.1. The van der Waals surface area contributed by atoms with Crippen LogP contribution in [0.3, 0.4) is 0 Å². The SMILES string of the molecule is Nc1cc(N2CCOCC2)nc2c(-c3cnc4ccccc4c3)cnn12. The average Bonchev–Trinajstić information content (AvgIpc) is 3.13. The van der Waals surface area contributed by atoms with Crippen LogP contribution in [0.15, 0.2) is 48.8 Å². The first-order chi connectivity index (χ1) is 12.8. The van der Waals surface area contributed by atoms with Crippen LogP contribution in [-0.4, -0.2) is 45.9 Å². The molecule has 1 saturated heterocycles. The van der Waals surface area contributed by atoms with Crippen LogP contribution in [-0.2, 0) is 4.74 Å². The molecule has 0 radical (unpaired) electrons. The predicted molar refractivity (Wildman–Crippen MR) is 101 cm³/mol. The molecular formula is C19H18N6O. The van der Waals surface area contributed by atoms with E-state index in [4.69, 9.17) is 15.5 Å². The van der Waals surface area contributed by atoms with Crippen LogP contribution in [0.1, 0.15) is 0 Å². The second kappa shape index (κ2) is 5.96. The number of para-hydroxylation sites is 1. The Labute approximate surface area is 150 Å². The summed E-state index contributed by atoms with van der Waals surface area (Å²) in [5.74, 6) is 1.42. The molecule has 130 valence electrons. The molecule has 0 amide bonds. The van der Waals surface area contributed by atoms with Crippen LogP contribution in [0.4, 0.5) is 11.6 Å². The highest BCUT2D eigenvalue weighted by Gasteiger charge is 2.17. The molecule has 7 heteroatoms. The van der Waals surface area contributed by atoms with Gasteiger partial charge in [-0.25, -0.2) is 4.98 Å². The van der Waals surface area contributed by atoms with Crippen molar-refractivity contribution in [1.82, 2.24) is 19.6 Å². The first-order valence-corrected chi connectivity index (χ1v) is 8.62. The zero-order chi connectivity index (χ0) is 17.5. The molecule has 1 aliphatic heterocycles. The van der Waals surface area contributed by atoms with E-state index in [0.717, 1.165) is 46.6 Å². The minimum Gasteiger partial charge on any atom is -0.383 e. The summed E-state index contributed by atoms with van der Waals surface area (Å²) in [6.07, 6.45) is 3.66. The van der Waals surface area contributed by atoms with Gasteiger partial charge in [0.05, 0.1) is 24.9 Å². The number of nitrogens with zero attached hydrogens (tertiary/aromatic N) is 5. The summed E-state index contributed by atoms with van der Waals surface area (Å²) in [6.45, 7) is 3.02. The van der Waals surface area contributed by atoms with Crippen molar-refractivity contribution in [2.24, 2.45) is 0 Å². The van der Waals surface area contributed by atoms with Crippen molar-refractivity contribution in [1.29, 1.82) is 0 Å². The molecule has 0 unspecified atom stereocenters. The third kappa shape index (κ3) is 2.44. The van der Waals surface area contributed by atoms with Crippen LogP contribution < -0.4 is 10.6 Å². The van der Waals surface area contributed by atoms with Gasteiger partial charge in [0.25, 0.3) is 0 Å². The smallest absolute Gasteiger partial charge is 0.167 e. The van der Waals surface area contributed by atoms with E-state index in [1.54, 1.807) is 10.7 Å². The number of morpholine rings is 1. The van der Waals surface area contributed by atoms with Crippen LogP contribution in [0.2, 0.25) is 0 Å². The van der Waals surface area contributed by atoms with Gasteiger partial charge in [-0.05, 0) is 12.1 Å². The van der Waals surface area contributed by atoms with Crippen LogP contribution >= 0.6 is 0 Å². The Morgan fingerprint density at radius 1 is 1.04 bits per heavy atom. The molecule has 4 heterocycles. The van der Waals surface area contributed by atoms with Crippen LogP contribution in [0.5, 0.6) is 0 Å². The minimum atomic E-state index is 0.566. The number of hydrogen-bond donors (Lipinski definition) is 1. The fourth-order valence-corrected chi connectivity index (χ4v) is 3.35. The normalized spacial score (nSPS) is 15.0. The second-order valence-corrected chi connectivity index (χ2v) is 6.35. The summed E-state index contributed by atoms with van der Waals surface area (Å²) < 4.78 is 7.11. The van der Waals surface area contributed by atoms with Gasteiger partial charge in [-0.15, -0.1) is 0 Å². The van der Waals surface area contributed by atoms with Crippen molar-refractivity contribution >= 4 is 28.2 Å². The molecule has 5 rings (SSSR count). The molecule has 26 heavy (non-hydrogen) atoms. The predicted octanol–water partition coefficient (Wildman–Crippen LogP) is 2.36. The molecule has 4 aromatic rings. The molecule has 1 aromatic carbocycles. The highest BCUT2D eigenvalue weighted by atomic mass is 16.5. The van der Waals surface area contributed by atoms with Gasteiger partial charge in [0, 0.05) is 41.9 Å². The minimum absolute atomic E-state index is 0.566. The van der Waals surface area contributed by atoms with Gasteiger partial charge in [-0.3, -0.25) is 4.98 Å². The number of pyridine rings is 1. The number of hydrogen-bond acceptors (Lipinski definition) is 6. The summed E-state index contributed by atoms with van der Waals surface area (Å²) in [5.41, 5.74) is 9.84. The number of aromatic nitrogens is 4. The Bertz CT molecular complexity index is 1100. The molecule has 7 nitrogen and oxygen atoms in total. The van der Waals surface area contributed by atoms with E-state index in [0.29, 0.717) is 19.0 Å². The summed E-state index contributed by atoms with van der Waals surface area (Å²) in [7, 11) is 0. The van der Waals surface area contributed by atoms with Gasteiger partial charge < -0.3 is 15.4 Å². The Morgan fingerprint density at radius 3 is 2.77 bits per heavy atom. The largest absolute Gasteiger partial charge is 0.383 e. The van der Waals surface area contributed by atoms with E-state index in [2.05, 4.69) is 27.1 Å². The molecule has 1 aliphatic rings. The number of benzene rings is 1. The maximum atomic E-state index is 6.23. The average molecular weight is 346 g/mol. The maximum Gasteiger partial charge on any atom is 0.167 e. The summed E-state index contributed by atoms with van der Waals surface area (Å²) in [4.78, 5) is 11.6. The third-order valence-corrected chi connectivity index (χ3v) is 4.72. The Hall–Kier alpha value is -3.19. The van der Waals surface area contributed by atoms with E-state index in [1.807, 2.05) is 30.5 Å². The first kappa shape index (κ1) is 15.1. The van der Waals surface area contributed by atoms with Gasteiger partial charge in [-0.2, -0.15) is 9.61 Å². The van der Waals surface area contributed by atoms with Gasteiger partial charge in [0.15, 0.2) is 5.65 Å². The van der Waals surface area contributed by atoms with E-state index in [1.165, 1.54) is 0 Å². The second-order valence-electron chi connectivity index (χ2n) is 6.35. The lowest BCUT2D eigenvalue weighted by Crippen LogP contribution is -2.36. The van der Waals surface area contributed by atoms with Crippen LogP contribution in [0, 0.1) is 0 Å². The quantitative estimate of drug-likeness (QED) is 0.600. The van der Waals surface area contributed by atoms with Crippen LogP contribution in [0.25, 0.3) is 27.7 Å². The first-order valence-electron chi connectivity index (χ1n) is 8.62. The number of nitrogens with two attached hydrogens (primary N) is 1. The maximum absolute atomic E-state index is 6.23. The highest BCUT2D eigenvalue weighted by molar-refractivity contribution is 5.87. The molecule has 3 aromatic heterocycles. The van der Waals surface area contributed by atoms with Crippen molar-refractivity contribution in [2.45, 2.75) is 0 Å². The highest BCUT2D eigenvalue weighted by Crippen LogP contribution is 2.28. The van der Waals surface area contributed by atoms with Crippen molar-refractivity contribution < 1.29 is 4.74 Å². The number of fused-ring (bicyclic) bond motifs is 2. The lowest BCUT2D eigenvalue weighted by Gasteiger charge is -2.28. The summed E-state index contributed by atoms with van der Waals surface area (Å²) in [6, 6.07) is 12.0. The van der Waals surface area contributed by atoms with E-state index in [9.17, 15) is 0 Å². The molecule has 0 spiro atoms. The van der Waals surface area contributed by atoms with E-state index < -0.39 is 0 Å². The van der Waals surface area contributed by atoms with E-state index in [-0.39, 0.29) is 0 Å². The third-order valence-electron chi connectivity index (χ3n) is 4.72. The van der Waals surface area contributed by atoms with Gasteiger partial charge >= 0.3 is 0 Å². The summed E-state index contributed by atoms with van der Waals surface area (Å²) in [5, 5.41) is 5.50. The van der Waals surface area contributed by atoms with Gasteiger partial charge in [0.1, 0.15) is 11.6 Å². The van der Waals surface area contributed by atoms with E-state index >= 15 is 0 Å². The summed E-state index contributed by atoms with van der Waals surface area (Å²) >= 11 is 0. The van der Waals surface area contributed by atoms with Gasteiger partial charge in [0.2, 0.25) is 0 Å². The molecule has 0 saturated carbocycles. The Kier molecular flexibility index (Phi) is 3.46. The lowest BCUT2D eigenvalue weighted by molar-refractivity contribution is 0.122. The zero-order valence-corrected chi connectivity index (χ0v) is 14.2. The van der Waals surface area contributed by atoms with Crippen molar-refractivity contribution in [3.05, 3.63) is 48.8 Å². The van der Waals surface area contributed by atoms with Crippen molar-refractivity contribution in [3.8, 4) is 11.1 Å². The molecular weight excluding hydrogens is 328 g/mol. The number of ether oxygens (including phenoxy) is 1. The fraction of sp³-hybridized carbons (Fsp3) is 0.211. The molecule has 0 bridgehead atoms. The number of rotatable bonds is 2. The number of anilines is 2. The Balaban J connectivity index is 1.65. The monoisotopic (exact) mass is 346 g/mol. The topological polar surface area (TPSA) is 81.6 Å². The zero-order valence-electron chi connectivity index (χ0n) is 14.2. The fourth-order valence-electron chi connectivity index (χ4n) is 3.35. The number of nitrogen functional groups attached to an aromatic ring is 1. The van der Waals surface area contributed by atoms with Crippen molar-refractivity contribution in [2.75, 3.05) is 36.9 Å².